The van der Waals surface area contributed by atoms with Crippen LogP contribution in [0.15, 0.2) is 72.9 Å². The first-order valence-corrected chi connectivity index (χ1v) is 7.40. The molecule has 0 spiro atoms. The third-order valence-corrected chi connectivity index (χ3v) is 3.81. The third-order valence-electron chi connectivity index (χ3n) is 3.81. The summed E-state index contributed by atoms with van der Waals surface area (Å²) in [6, 6.07) is 22.1. The van der Waals surface area contributed by atoms with Gasteiger partial charge in [-0.1, -0.05) is 30.3 Å². The Kier molecular flexibility index (Phi) is 3.27. The Bertz CT molecular complexity index is 943. The molecule has 0 saturated heterocycles. The first-order valence-electron chi connectivity index (χ1n) is 7.40. The molecule has 0 amide bonds. The molecular weight excluding hydrogens is 286 g/mol. The lowest BCUT2D eigenvalue weighted by atomic mass is 10.1. The van der Waals surface area contributed by atoms with E-state index < -0.39 is 0 Å². The van der Waals surface area contributed by atoms with E-state index in [4.69, 9.17) is 9.84 Å². The van der Waals surface area contributed by atoms with Crippen molar-refractivity contribution in [1.82, 2.24) is 14.6 Å². The molecule has 4 rings (SSSR count). The molecule has 0 fully saturated rings. The van der Waals surface area contributed by atoms with Gasteiger partial charge in [-0.2, -0.15) is 5.10 Å². The summed E-state index contributed by atoms with van der Waals surface area (Å²) in [5.74, 6) is 0.834. The van der Waals surface area contributed by atoms with E-state index in [-0.39, 0.29) is 0 Å². The van der Waals surface area contributed by atoms with Gasteiger partial charge in [-0.3, -0.25) is 0 Å². The number of aromatic nitrogens is 3. The Morgan fingerprint density at radius 2 is 1.65 bits per heavy atom. The molecule has 4 aromatic rings. The Morgan fingerprint density at radius 3 is 2.39 bits per heavy atom. The molecule has 0 atom stereocenters. The lowest BCUT2D eigenvalue weighted by Crippen LogP contribution is -1.95. The smallest absolute Gasteiger partial charge is 0.156 e. The van der Waals surface area contributed by atoms with Crippen LogP contribution in [-0.2, 0) is 0 Å². The maximum absolute atomic E-state index is 5.20. The molecule has 0 radical (unpaired) electrons. The predicted molar refractivity (Wildman–Crippen MR) is 90.4 cm³/mol. The van der Waals surface area contributed by atoms with Crippen LogP contribution in [0.2, 0.25) is 0 Å². The standard InChI is InChI=1S/C19H15N3O/c1-23-16-9-7-14(8-10-16)17-13-19-20-12-11-18(22(19)21-17)15-5-3-2-4-6-15/h2-13H,1H3. The maximum atomic E-state index is 5.20. The van der Waals surface area contributed by atoms with Crippen LogP contribution in [0.1, 0.15) is 0 Å². The first-order chi connectivity index (χ1) is 11.3. The summed E-state index contributed by atoms with van der Waals surface area (Å²) in [5.41, 5.74) is 4.90. The highest BCUT2D eigenvalue weighted by Crippen LogP contribution is 2.25. The average molecular weight is 301 g/mol. The van der Waals surface area contributed by atoms with Crippen molar-refractivity contribution in [1.29, 1.82) is 0 Å². The summed E-state index contributed by atoms with van der Waals surface area (Å²) in [6.07, 6.45) is 1.82. The molecule has 112 valence electrons. The van der Waals surface area contributed by atoms with Gasteiger partial charge in [0.05, 0.1) is 18.5 Å². The van der Waals surface area contributed by atoms with Gasteiger partial charge in [0.2, 0.25) is 0 Å². The Balaban J connectivity index is 1.84. The highest BCUT2D eigenvalue weighted by molar-refractivity contribution is 5.68. The van der Waals surface area contributed by atoms with Crippen LogP contribution in [0, 0.1) is 0 Å². The fraction of sp³-hybridized carbons (Fsp3) is 0.0526. The molecule has 4 nitrogen and oxygen atoms in total. The van der Waals surface area contributed by atoms with Gasteiger partial charge in [-0.25, -0.2) is 9.50 Å². The Morgan fingerprint density at radius 1 is 0.870 bits per heavy atom. The number of hydrogen-bond acceptors (Lipinski definition) is 3. The van der Waals surface area contributed by atoms with Crippen LogP contribution in [0.3, 0.4) is 0 Å². The lowest BCUT2D eigenvalue weighted by molar-refractivity contribution is 0.415. The molecule has 0 aliphatic carbocycles. The van der Waals surface area contributed by atoms with Crippen molar-refractivity contribution in [3.05, 3.63) is 72.9 Å². The summed E-state index contributed by atoms with van der Waals surface area (Å²) >= 11 is 0. The van der Waals surface area contributed by atoms with Crippen molar-refractivity contribution < 1.29 is 4.74 Å². The zero-order chi connectivity index (χ0) is 15.6. The monoisotopic (exact) mass is 301 g/mol. The minimum absolute atomic E-state index is 0.831. The molecule has 4 heteroatoms. The van der Waals surface area contributed by atoms with E-state index in [1.54, 1.807) is 7.11 Å². The van der Waals surface area contributed by atoms with Gasteiger partial charge in [0, 0.05) is 23.4 Å². The van der Waals surface area contributed by atoms with Gasteiger partial charge in [-0.15, -0.1) is 0 Å². The fourth-order valence-electron chi connectivity index (χ4n) is 2.63. The second-order valence-corrected chi connectivity index (χ2v) is 5.22. The number of ether oxygens (including phenoxy) is 1. The number of fused-ring (bicyclic) bond motifs is 1. The Hall–Kier alpha value is -3.14. The summed E-state index contributed by atoms with van der Waals surface area (Å²) in [4.78, 5) is 4.42. The van der Waals surface area contributed by atoms with Gasteiger partial charge in [-0.05, 0) is 30.3 Å². The summed E-state index contributed by atoms with van der Waals surface area (Å²) < 4.78 is 7.09. The SMILES string of the molecule is COc1ccc(-c2cc3nccc(-c4ccccc4)n3n2)cc1. The van der Waals surface area contributed by atoms with E-state index in [1.165, 1.54) is 0 Å². The number of rotatable bonds is 3. The Labute approximate surface area is 134 Å². The van der Waals surface area contributed by atoms with Crippen LogP contribution < -0.4 is 4.74 Å². The van der Waals surface area contributed by atoms with Crippen LogP contribution in [0.4, 0.5) is 0 Å². The van der Waals surface area contributed by atoms with Gasteiger partial charge in [0.15, 0.2) is 5.65 Å². The molecule has 23 heavy (non-hydrogen) atoms. The zero-order valence-corrected chi connectivity index (χ0v) is 12.7. The van der Waals surface area contributed by atoms with E-state index in [9.17, 15) is 0 Å². The maximum Gasteiger partial charge on any atom is 0.156 e. The summed E-state index contributed by atoms with van der Waals surface area (Å²) in [7, 11) is 1.66. The van der Waals surface area contributed by atoms with E-state index in [0.717, 1.165) is 33.9 Å². The van der Waals surface area contributed by atoms with Crippen molar-refractivity contribution >= 4 is 5.65 Å². The fourth-order valence-corrected chi connectivity index (χ4v) is 2.63. The van der Waals surface area contributed by atoms with E-state index in [2.05, 4.69) is 17.1 Å². The number of benzene rings is 2. The highest BCUT2D eigenvalue weighted by Gasteiger charge is 2.09. The van der Waals surface area contributed by atoms with Gasteiger partial charge in [0.1, 0.15) is 5.75 Å². The normalized spacial score (nSPS) is 10.8. The molecular formula is C19H15N3O. The van der Waals surface area contributed by atoms with Crippen LogP contribution >= 0.6 is 0 Å². The van der Waals surface area contributed by atoms with Gasteiger partial charge in [0.25, 0.3) is 0 Å². The molecule has 2 aromatic heterocycles. The zero-order valence-electron chi connectivity index (χ0n) is 12.7. The first kappa shape index (κ1) is 13.5. The van der Waals surface area contributed by atoms with Crippen LogP contribution in [-0.4, -0.2) is 21.7 Å². The molecule has 0 saturated carbocycles. The molecule has 0 bridgehead atoms. The minimum atomic E-state index is 0.831. The number of nitrogens with zero attached hydrogens (tertiary/aromatic N) is 3. The summed E-state index contributed by atoms with van der Waals surface area (Å²) in [6.45, 7) is 0. The average Bonchev–Trinajstić information content (AvgIpc) is 3.06. The van der Waals surface area contributed by atoms with E-state index in [1.807, 2.05) is 65.3 Å². The summed E-state index contributed by atoms with van der Waals surface area (Å²) in [5, 5.41) is 4.73. The quantitative estimate of drug-likeness (QED) is 0.572. The van der Waals surface area contributed by atoms with Crippen molar-refractivity contribution in [3.63, 3.8) is 0 Å². The van der Waals surface area contributed by atoms with Crippen molar-refractivity contribution in [2.45, 2.75) is 0 Å². The third kappa shape index (κ3) is 2.44. The van der Waals surface area contributed by atoms with Gasteiger partial charge >= 0.3 is 0 Å². The molecule has 2 aromatic carbocycles. The molecule has 0 aliphatic rings. The van der Waals surface area contributed by atoms with Crippen LogP contribution in [0.5, 0.6) is 5.75 Å². The second-order valence-electron chi connectivity index (χ2n) is 5.22. The van der Waals surface area contributed by atoms with Crippen LogP contribution in [0.25, 0.3) is 28.2 Å². The van der Waals surface area contributed by atoms with E-state index in [0.29, 0.717) is 0 Å². The van der Waals surface area contributed by atoms with E-state index >= 15 is 0 Å². The molecule has 2 heterocycles. The minimum Gasteiger partial charge on any atom is -0.497 e. The number of hydrogen-bond donors (Lipinski definition) is 0. The molecule has 0 aliphatic heterocycles. The lowest BCUT2D eigenvalue weighted by Gasteiger charge is -2.04. The second kappa shape index (κ2) is 5.57. The van der Waals surface area contributed by atoms with Crippen molar-refractivity contribution in [2.24, 2.45) is 0 Å². The number of methoxy groups -OCH3 is 1. The van der Waals surface area contributed by atoms with Gasteiger partial charge < -0.3 is 4.74 Å². The van der Waals surface area contributed by atoms with Crippen molar-refractivity contribution in [3.8, 4) is 28.3 Å². The molecule has 0 unspecified atom stereocenters. The topological polar surface area (TPSA) is 39.4 Å². The predicted octanol–water partition coefficient (Wildman–Crippen LogP) is 4.07. The highest BCUT2D eigenvalue weighted by atomic mass is 16.5. The van der Waals surface area contributed by atoms with Crippen molar-refractivity contribution in [2.75, 3.05) is 7.11 Å². The molecule has 0 N–H and O–H groups in total. The largest absolute Gasteiger partial charge is 0.497 e.